The van der Waals surface area contributed by atoms with Gasteiger partial charge in [0.15, 0.2) is 0 Å². The maximum atomic E-state index is 13.8. The average Bonchev–Trinajstić information content (AvgIpc) is 3.96. The average molecular weight is 859 g/mol. The van der Waals surface area contributed by atoms with Crippen LogP contribution in [-0.2, 0) is 24.4 Å². The minimum absolute atomic E-state index is 0.0304. The molecule has 60 heavy (non-hydrogen) atoms. The summed E-state index contributed by atoms with van der Waals surface area (Å²) in [4.78, 5) is 58.3. The first-order chi connectivity index (χ1) is 29.2. The minimum atomic E-state index is -0.611. The molecule has 5 heterocycles. The molecule has 0 saturated carbocycles. The number of rotatable bonds is 17. The number of nitrogens with zero attached hydrogens (tertiary/aromatic N) is 8. The van der Waals surface area contributed by atoms with Gasteiger partial charge in [-0.3, -0.25) is 4.79 Å². The Balaban J connectivity index is 1.08. The molecule has 3 aromatic heterocycles. The van der Waals surface area contributed by atoms with Gasteiger partial charge >= 0.3 is 5.97 Å². The molecule has 2 atom stereocenters. The summed E-state index contributed by atoms with van der Waals surface area (Å²) in [5.74, 6) is 1.87. The molecular formula is C41H45Cl2N11O6. The SMILES string of the molecule is COc1ccc(CNc2nc(N3CCC[C@H]3COC(=O)c3cnc(N4CCC[C@H]4CO)nc3NCc3ccc(OC)c(Cl)c3)ncc2C(=O)NCc2ncccn2)cc1Cl. The van der Waals surface area contributed by atoms with Gasteiger partial charge in [-0.1, -0.05) is 35.3 Å². The third-order valence-electron chi connectivity index (χ3n) is 10.3. The fourth-order valence-corrected chi connectivity index (χ4v) is 7.67. The van der Waals surface area contributed by atoms with Crippen LogP contribution in [0.2, 0.25) is 10.0 Å². The van der Waals surface area contributed by atoms with E-state index in [2.05, 4.69) is 35.9 Å². The molecule has 17 nitrogen and oxygen atoms in total. The van der Waals surface area contributed by atoms with E-state index in [9.17, 15) is 14.7 Å². The van der Waals surface area contributed by atoms with Gasteiger partial charge in [-0.2, -0.15) is 9.97 Å². The highest BCUT2D eigenvalue weighted by Crippen LogP contribution is 2.30. The van der Waals surface area contributed by atoms with E-state index in [-0.39, 0.29) is 48.8 Å². The number of hydrogen-bond donors (Lipinski definition) is 4. The summed E-state index contributed by atoms with van der Waals surface area (Å²) in [6.45, 7) is 1.99. The van der Waals surface area contributed by atoms with Crippen LogP contribution in [-0.4, -0.2) is 99.5 Å². The Kier molecular flexibility index (Phi) is 13.9. The summed E-state index contributed by atoms with van der Waals surface area (Å²) in [6, 6.07) is 12.1. The van der Waals surface area contributed by atoms with Crippen LogP contribution in [0.15, 0.2) is 67.3 Å². The zero-order chi connectivity index (χ0) is 42.0. The predicted octanol–water partition coefficient (Wildman–Crippen LogP) is 5.32. The summed E-state index contributed by atoms with van der Waals surface area (Å²) in [5.41, 5.74) is 2.05. The highest BCUT2D eigenvalue weighted by molar-refractivity contribution is 6.32. The smallest absolute Gasteiger partial charge is 0.343 e. The van der Waals surface area contributed by atoms with Gasteiger partial charge in [0, 0.05) is 51.0 Å². The Bertz CT molecular complexity index is 2290. The van der Waals surface area contributed by atoms with Gasteiger partial charge in [0.05, 0.1) is 49.5 Å². The van der Waals surface area contributed by atoms with Crippen molar-refractivity contribution in [3.8, 4) is 11.5 Å². The second-order valence-electron chi connectivity index (χ2n) is 14.1. The Hall–Kier alpha value is -6.04. The summed E-state index contributed by atoms with van der Waals surface area (Å²) in [6.07, 6.45) is 9.35. The molecule has 2 fully saturated rings. The van der Waals surface area contributed by atoms with Crippen molar-refractivity contribution in [1.29, 1.82) is 0 Å². The van der Waals surface area contributed by atoms with Gasteiger partial charge in [0.2, 0.25) is 11.9 Å². The van der Waals surface area contributed by atoms with Crippen molar-refractivity contribution in [1.82, 2.24) is 35.2 Å². The van der Waals surface area contributed by atoms with Gasteiger partial charge in [0.1, 0.15) is 46.7 Å². The third-order valence-corrected chi connectivity index (χ3v) is 10.9. The van der Waals surface area contributed by atoms with Gasteiger partial charge < -0.3 is 45.1 Å². The lowest BCUT2D eigenvalue weighted by atomic mass is 10.2. The third kappa shape index (κ3) is 10.0. The number of ether oxygens (including phenoxy) is 3. The van der Waals surface area contributed by atoms with Crippen LogP contribution in [0.5, 0.6) is 11.5 Å². The van der Waals surface area contributed by atoms with Crippen molar-refractivity contribution >= 4 is 58.6 Å². The number of methoxy groups -OCH3 is 2. The monoisotopic (exact) mass is 857 g/mol. The second-order valence-corrected chi connectivity index (χ2v) is 14.9. The number of hydrogen-bond acceptors (Lipinski definition) is 16. The second kappa shape index (κ2) is 19.8. The van der Waals surface area contributed by atoms with Gasteiger partial charge in [0.25, 0.3) is 5.91 Å². The molecule has 314 valence electrons. The Morgan fingerprint density at radius 3 is 1.88 bits per heavy atom. The van der Waals surface area contributed by atoms with Crippen LogP contribution in [0.4, 0.5) is 23.5 Å². The standard InChI is InChI=1S/C41H45Cl2N11O6/c1-58-33-10-8-25(16-31(33)42)18-46-36-29(38(56)48-22-35-44-12-5-13-45-35)20-49-41(51-36)54-15-4-7-28(54)24-60-39(57)30-21-50-40(53-14-3-6-27(53)23-55)52-37(30)47-19-26-9-11-34(59-2)32(43)17-26/h5,8-13,16-17,20-21,27-28,55H,3-4,6-7,14-15,18-19,22-24H2,1-2H3,(H,48,56)(H,46,49,51)(H,47,50,52)/t27-,28-/m0/s1. The fourth-order valence-electron chi connectivity index (χ4n) is 7.10. The zero-order valence-corrected chi connectivity index (χ0v) is 34.6. The molecular weight excluding hydrogens is 813 g/mol. The van der Waals surface area contributed by atoms with Crippen molar-refractivity contribution < 1.29 is 28.9 Å². The first-order valence-corrected chi connectivity index (χ1v) is 20.2. The van der Waals surface area contributed by atoms with E-state index in [1.54, 1.807) is 56.9 Å². The summed E-state index contributed by atoms with van der Waals surface area (Å²) < 4.78 is 16.5. The molecule has 0 aliphatic carbocycles. The first kappa shape index (κ1) is 42.1. The van der Waals surface area contributed by atoms with Crippen molar-refractivity contribution in [2.45, 2.75) is 57.4 Å². The molecule has 2 aromatic carbocycles. The summed E-state index contributed by atoms with van der Waals surface area (Å²) >= 11 is 12.8. The number of aliphatic hydroxyl groups is 1. The Morgan fingerprint density at radius 1 is 0.767 bits per heavy atom. The molecule has 19 heteroatoms. The molecule has 7 rings (SSSR count). The van der Waals surface area contributed by atoms with E-state index in [4.69, 9.17) is 47.4 Å². The molecule has 1 amide bonds. The van der Waals surface area contributed by atoms with Crippen LogP contribution < -0.4 is 35.2 Å². The van der Waals surface area contributed by atoms with Crippen molar-refractivity contribution in [2.75, 3.05) is 61.0 Å². The molecule has 2 aliphatic heterocycles. The van der Waals surface area contributed by atoms with E-state index < -0.39 is 11.9 Å². The van der Waals surface area contributed by atoms with Crippen LogP contribution in [0, 0.1) is 0 Å². The molecule has 2 saturated heterocycles. The van der Waals surface area contributed by atoms with Gasteiger partial charge in [-0.15, -0.1) is 0 Å². The fraction of sp³-hybridized carbons (Fsp3) is 0.366. The lowest BCUT2D eigenvalue weighted by Gasteiger charge is -2.26. The quantitative estimate of drug-likeness (QED) is 0.0875. The number of amides is 1. The normalized spacial score (nSPS) is 16.1. The minimum Gasteiger partial charge on any atom is -0.495 e. The Labute approximate surface area is 356 Å². The Morgan fingerprint density at radius 2 is 1.32 bits per heavy atom. The van der Waals surface area contributed by atoms with Crippen molar-refractivity contribution in [3.63, 3.8) is 0 Å². The highest BCUT2D eigenvalue weighted by Gasteiger charge is 2.31. The van der Waals surface area contributed by atoms with Crippen LogP contribution in [0.1, 0.15) is 63.4 Å². The van der Waals surface area contributed by atoms with E-state index in [1.807, 2.05) is 21.9 Å². The van der Waals surface area contributed by atoms with E-state index >= 15 is 0 Å². The molecule has 0 radical (unpaired) electrons. The number of carbonyl (C=O) groups excluding carboxylic acids is 2. The van der Waals surface area contributed by atoms with E-state index in [1.165, 1.54) is 12.4 Å². The molecule has 5 aromatic rings. The number of anilines is 4. The molecule has 2 aliphatic rings. The topological polar surface area (TPSA) is 202 Å². The number of benzene rings is 2. The van der Waals surface area contributed by atoms with Crippen LogP contribution in [0.3, 0.4) is 0 Å². The lowest BCUT2D eigenvalue weighted by Crippen LogP contribution is -2.36. The first-order valence-electron chi connectivity index (χ1n) is 19.5. The maximum Gasteiger partial charge on any atom is 0.343 e. The zero-order valence-electron chi connectivity index (χ0n) is 33.1. The van der Waals surface area contributed by atoms with E-state index in [0.29, 0.717) is 77.7 Å². The molecule has 0 spiro atoms. The molecule has 0 unspecified atom stereocenters. The predicted molar refractivity (Wildman–Crippen MR) is 226 cm³/mol. The molecule has 4 N–H and O–H groups in total. The summed E-state index contributed by atoms with van der Waals surface area (Å²) in [7, 11) is 3.10. The number of carbonyl (C=O) groups is 2. The number of esters is 1. The van der Waals surface area contributed by atoms with E-state index in [0.717, 1.165) is 30.4 Å². The largest absolute Gasteiger partial charge is 0.495 e. The number of halogens is 2. The van der Waals surface area contributed by atoms with Gasteiger partial charge in [-0.25, -0.2) is 24.7 Å². The van der Waals surface area contributed by atoms with Crippen LogP contribution in [0.25, 0.3) is 0 Å². The number of nitrogens with one attached hydrogen (secondary N) is 3. The molecule has 0 bridgehead atoms. The number of aliphatic hydroxyl groups excluding tert-OH is 1. The van der Waals surface area contributed by atoms with Crippen molar-refractivity contribution in [3.05, 3.63) is 105 Å². The summed E-state index contributed by atoms with van der Waals surface area (Å²) in [5, 5.41) is 20.3. The highest BCUT2D eigenvalue weighted by atomic mass is 35.5. The van der Waals surface area contributed by atoms with Crippen LogP contribution >= 0.6 is 23.2 Å². The lowest BCUT2D eigenvalue weighted by molar-refractivity contribution is 0.0482. The van der Waals surface area contributed by atoms with Crippen molar-refractivity contribution in [2.24, 2.45) is 0 Å². The van der Waals surface area contributed by atoms with Gasteiger partial charge in [-0.05, 0) is 67.1 Å². The number of aromatic nitrogens is 6. The maximum absolute atomic E-state index is 13.8.